The van der Waals surface area contributed by atoms with Crippen LogP contribution in [-0.2, 0) is 24.0 Å². The van der Waals surface area contributed by atoms with Gasteiger partial charge >= 0.3 is 17.8 Å². The molecule has 1 aliphatic rings. The highest BCUT2D eigenvalue weighted by molar-refractivity contribution is 8.00. The highest BCUT2D eigenvalue weighted by Gasteiger charge is 2.55. The highest BCUT2D eigenvalue weighted by atomic mass is 32.2. The van der Waals surface area contributed by atoms with Crippen molar-refractivity contribution in [1.82, 2.24) is 0 Å². The van der Waals surface area contributed by atoms with Gasteiger partial charge in [-0.15, -0.1) is 11.8 Å². The maximum Gasteiger partial charge on any atom is 0.397 e. The summed E-state index contributed by atoms with van der Waals surface area (Å²) in [6, 6.07) is 0. The molecule has 8 heteroatoms. The summed E-state index contributed by atoms with van der Waals surface area (Å²) >= 11 is 1.15. The summed E-state index contributed by atoms with van der Waals surface area (Å²) in [6.45, 7) is 4.10. The van der Waals surface area contributed by atoms with E-state index in [0.717, 1.165) is 11.8 Å². The average Bonchev–Trinajstić information content (AvgIpc) is 2.55. The Hall–Kier alpha value is -0.960. The van der Waals surface area contributed by atoms with Gasteiger partial charge in [0.25, 0.3) is 0 Å². The van der Waals surface area contributed by atoms with Crippen molar-refractivity contribution in [3.8, 4) is 0 Å². The normalized spacial score (nSPS) is 19.9. The molecule has 1 N–H and O–H groups in total. The van der Waals surface area contributed by atoms with E-state index >= 15 is 0 Å². The lowest BCUT2D eigenvalue weighted by Crippen LogP contribution is -2.50. The lowest BCUT2D eigenvalue weighted by atomic mass is 10.4. The van der Waals surface area contributed by atoms with Crippen molar-refractivity contribution in [2.75, 3.05) is 12.4 Å². The number of hydrogen-bond donors (Lipinski definition) is 1. The number of ether oxygens (including phenoxy) is 1. The van der Waals surface area contributed by atoms with Gasteiger partial charge in [-0.05, 0) is 13.8 Å². The van der Waals surface area contributed by atoms with E-state index in [9.17, 15) is 19.6 Å². The Morgan fingerprint density at radius 2 is 2.00 bits per heavy atom. The molecule has 18 heavy (non-hydrogen) atoms. The van der Waals surface area contributed by atoms with Crippen molar-refractivity contribution >= 4 is 29.5 Å². The molecule has 0 aromatic heterocycles. The minimum absolute atomic E-state index is 0.109. The summed E-state index contributed by atoms with van der Waals surface area (Å²) in [5.41, 5.74) is -0.209. The molecule has 1 fully saturated rings. The number of thioether (sulfide) groups is 1. The molecule has 0 aliphatic carbocycles. The molecule has 102 valence electrons. The Kier molecular flexibility index (Phi) is 5.27. The molecule has 1 heterocycles. The number of carbonyl (C=O) groups is 3. The predicted octanol–water partition coefficient (Wildman–Crippen LogP) is 0.613. The van der Waals surface area contributed by atoms with Crippen molar-refractivity contribution in [1.29, 1.82) is 0 Å². The molecule has 0 aromatic carbocycles. The Labute approximate surface area is 109 Å². The number of nitrogens with zero attached hydrogens (tertiary/aromatic N) is 1. The van der Waals surface area contributed by atoms with Gasteiger partial charge in [-0.25, -0.2) is 19.2 Å². The number of rotatable bonds is 6. The van der Waals surface area contributed by atoms with E-state index in [1.165, 1.54) is 0 Å². The zero-order valence-electron chi connectivity index (χ0n) is 10.2. The van der Waals surface area contributed by atoms with Crippen molar-refractivity contribution in [3.63, 3.8) is 0 Å². The van der Waals surface area contributed by atoms with Crippen LogP contribution in [0, 0.1) is 0 Å². The monoisotopic (exact) mass is 278 g/mol. The quantitative estimate of drug-likeness (QED) is 0.329. The van der Waals surface area contributed by atoms with E-state index in [1.807, 2.05) is 6.92 Å². The summed E-state index contributed by atoms with van der Waals surface area (Å²) in [4.78, 5) is 36.6. The molecule has 1 saturated heterocycles. The maximum atomic E-state index is 11.4. The van der Waals surface area contributed by atoms with E-state index < -0.39 is 22.6 Å². The summed E-state index contributed by atoms with van der Waals surface area (Å²) in [5, 5.41) is 9.62. The van der Waals surface area contributed by atoms with Crippen LogP contribution in [0.4, 0.5) is 0 Å². The first-order chi connectivity index (χ1) is 8.40. The van der Waals surface area contributed by atoms with E-state index in [4.69, 9.17) is 4.74 Å². The third-order valence-corrected chi connectivity index (χ3v) is 3.31. The number of quaternary nitrogens is 1. The molecule has 1 unspecified atom stereocenters. The Morgan fingerprint density at radius 3 is 2.50 bits per heavy atom. The van der Waals surface area contributed by atoms with Crippen molar-refractivity contribution in [2.24, 2.45) is 0 Å². The molecule has 1 atom stereocenters. The minimum Gasteiger partial charge on any atom is -0.368 e. The van der Waals surface area contributed by atoms with Crippen molar-refractivity contribution in [3.05, 3.63) is 0 Å². The van der Waals surface area contributed by atoms with Crippen molar-refractivity contribution in [2.45, 2.75) is 32.1 Å². The maximum absolute atomic E-state index is 11.4. The molecule has 0 aromatic rings. The van der Waals surface area contributed by atoms with Crippen LogP contribution in [0.2, 0.25) is 0 Å². The summed E-state index contributed by atoms with van der Waals surface area (Å²) < 4.78 is 5.18. The van der Waals surface area contributed by atoms with Crippen LogP contribution in [0.5, 0.6) is 0 Å². The lowest BCUT2D eigenvalue weighted by molar-refractivity contribution is -1.12. The van der Waals surface area contributed by atoms with E-state index in [-0.39, 0.29) is 24.0 Å². The predicted molar refractivity (Wildman–Crippen MR) is 60.9 cm³/mol. The van der Waals surface area contributed by atoms with Crippen LogP contribution < -0.4 is 0 Å². The first kappa shape index (κ1) is 15.1. The third kappa shape index (κ3) is 3.52. The van der Waals surface area contributed by atoms with Gasteiger partial charge in [0.2, 0.25) is 0 Å². The topological polar surface area (TPSA) is 89.9 Å². The Balaban J connectivity index is 2.45. The number of amides is 2. The second-order valence-corrected chi connectivity index (χ2v) is 4.95. The number of carbonyl (C=O) groups excluding carboxylic acids is 3. The van der Waals surface area contributed by atoms with Gasteiger partial charge < -0.3 is 4.74 Å². The van der Waals surface area contributed by atoms with Crippen LogP contribution in [-0.4, -0.2) is 45.6 Å². The molecule has 0 bridgehead atoms. The van der Waals surface area contributed by atoms with E-state index in [1.54, 1.807) is 6.92 Å². The molecule has 0 spiro atoms. The molecule has 0 saturated carbocycles. The van der Waals surface area contributed by atoms with Gasteiger partial charge in [0.1, 0.15) is 16.0 Å². The van der Waals surface area contributed by atoms with Crippen LogP contribution >= 0.6 is 11.8 Å². The average molecular weight is 278 g/mol. The fourth-order valence-electron chi connectivity index (χ4n) is 1.40. The van der Waals surface area contributed by atoms with E-state index in [0.29, 0.717) is 6.61 Å². The van der Waals surface area contributed by atoms with Crippen LogP contribution in [0.25, 0.3) is 0 Å². The summed E-state index contributed by atoms with van der Waals surface area (Å²) in [5.74, 6) is -2.59. The third-order valence-electron chi connectivity index (χ3n) is 2.30. The molecule has 0 radical (unpaired) electrons. The molecular formula is C10H16NO6S+. The first-order valence-corrected chi connectivity index (χ1v) is 6.59. The van der Waals surface area contributed by atoms with Crippen LogP contribution in [0.1, 0.15) is 26.7 Å². The van der Waals surface area contributed by atoms with Gasteiger partial charge in [-0.3, -0.25) is 0 Å². The zero-order chi connectivity index (χ0) is 13.8. The fourth-order valence-corrected chi connectivity index (χ4v) is 2.06. The molecule has 1 aliphatic heterocycles. The lowest BCUT2D eigenvalue weighted by Gasteiger charge is -2.16. The van der Waals surface area contributed by atoms with Crippen LogP contribution in [0.3, 0.4) is 0 Å². The summed E-state index contributed by atoms with van der Waals surface area (Å²) in [7, 11) is 0. The second-order valence-electron chi connectivity index (χ2n) is 3.66. The number of imide groups is 1. The largest absolute Gasteiger partial charge is 0.397 e. The number of hydrogen-bond acceptors (Lipinski definition) is 7. The Bertz CT molecular complexity index is 342. The molecule has 2 amide bonds. The molecule has 1 rings (SSSR count). The van der Waals surface area contributed by atoms with Gasteiger partial charge in [0.05, 0.1) is 12.8 Å². The molecular weight excluding hydrogens is 262 g/mol. The van der Waals surface area contributed by atoms with Gasteiger partial charge in [-0.2, -0.15) is 5.21 Å². The van der Waals surface area contributed by atoms with Crippen molar-refractivity contribution < 1.29 is 34.0 Å². The van der Waals surface area contributed by atoms with Crippen LogP contribution in [0.15, 0.2) is 0 Å². The number of hydroxylamine groups is 4. The minimum atomic E-state index is -1.86. The smallest absolute Gasteiger partial charge is 0.368 e. The second kappa shape index (κ2) is 6.28. The van der Waals surface area contributed by atoms with Gasteiger partial charge in [0, 0.05) is 6.61 Å². The zero-order valence-corrected chi connectivity index (χ0v) is 11.1. The summed E-state index contributed by atoms with van der Waals surface area (Å²) in [6.07, 6.45) is -0.240. The molecule has 7 nitrogen and oxygen atoms in total. The van der Waals surface area contributed by atoms with Gasteiger partial charge in [-0.1, -0.05) is 0 Å². The highest BCUT2D eigenvalue weighted by Crippen LogP contribution is 2.21. The fraction of sp³-hybridized carbons (Fsp3) is 0.700. The Morgan fingerprint density at radius 1 is 1.44 bits per heavy atom. The first-order valence-electron chi connectivity index (χ1n) is 5.54. The SMILES string of the molecule is CCOC(C)SCC(=O)O[N+]1(O)C(=O)CCC1=O. The standard InChI is InChI=1S/C10H16NO6S/c1-3-16-7(2)18-6-10(14)17-11(15)8(12)4-5-9(11)13/h7,15H,3-6H2,1-2H3/q+1. The van der Waals surface area contributed by atoms with Gasteiger partial charge in [0.15, 0.2) is 0 Å². The van der Waals surface area contributed by atoms with E-state index in [2.05, 4.69) is 4.84 Å².